The highest BCUT2D eigenvalue weighted by atomic mass is 35.5. The van der Waals surface area contributed by atoms with Gasteiger partial charge in [-0.15, -0.1) is 0 Å². The Bertz CT molecular complexity index is 469. The van der Waals surface area contributed by atoms with Crippen molar-refractivity contribution < 1.29 is 4.74 Å². The highest BCUT2D eigenvalue weighted by Gasteiger charge is 2.27. The molecule has 1 aromatic carbocycles. The van der Waals surface area contributed by atoms with Crippen LogP contribution in [0.2, 0.25) is 5.02 Å². The maximum absolute atomic E-state index is 6.19. The SMILES string of the molecule is Clc1ccccc1CC1COC(C2CCNCC2)=N1. The molecule has 0 amide bonds. The fourth-order valence-electron chi connectivity index (χ4n) is 2.75. The van der Waals surface area contributed by atoms with E-state index >= 15 is 0 Å². The van der Waals surface area contributed by atoms with Crippen LogP contribution in [0.3, 0.4) is 0 Å². The molecule has 0 aromatic heterocycles. The molecule has 3 nitrogen and oxygen atoms in total. The summed E-state index contributed by atoms with van der Waals surface area (Å²) in [5, 5.41) is 4.20. The van der Waals surface area contributed by atoms with Crippen LogP contribution in [-0.2, 0) is 11.2 Å². The third kappa shape index (κ3) is 3.10. The number of benzene rings is 1. The molecule has 4 heteroatoms. The third-order valence-corrected chi connectivity index (χ3v) is 4.20. The second-order valence-electron chi connectivity index (χ2n) is 5.25. The summed E-state index contributed by atoms with van der Waals surface area (Å²) >= 11 is 6.19. The minimum absolute atomic E-state index is 0.227. The number of rotatable bonds is 3. The second-order valence-corrected chi connectivity index (χ2v) is 5.66. The molecular weight excluding hydrogens is 260 g/mol. The van der Waals surface area contributed by atoms with E-state index in [2.05, 4.69) is 11.4 Å². The molecule has 1 fully saturated rings. The second kappa shape index (κ2) is 5.93. The maximum Gasteiger partial charge on any atom is 0.186 e. The molecule has 0 radical (unpaired) electrons. The topological polar surface area (TPSA) is 33.6 Å². The van der Waals surface area contributed by atoms with Gasteiger partial charge in [-0.25, -0.2) is 4.99 Å². The van der Waals surface area contributed by atoms with Gasteiger partial charge in [0.15, 0.2) is 5.90 Å². The van der Waals surface area contributed by atoms with Crippen molar-refractivity contribution in [1.29, 1.82) is 0 Å². The Hall–Kier alpha value is -1.06. The number of halogens is 1. The van der Waals surface area contributed by atoms with Crippen molar-refractivity contribution >= 4 is 17.5 Å². The van der Waals surface area contributed by atoms with Gasteiger partial charge in [-0.05, 0) is 44.0 Å². The summed E-state index contributed by atoms with van der Waals surface area (Å²) in [6, 6.07) is 8.21. The zero-order valence-corrected chi connectivity index (χ0v) is 11.7. The lowest BCUT2D eigenvalue weighted by atomic mass is 9.98. The molecule has 0 aliphatic carbocycles. The van der Waals surface area contributed by atoms with Crippen LogP contribution in [0.1, 0.15) is 18.4 Å². The van der Waals surface area contributed by atoms with Crippen molar-refractivity contribution in [3.05, 3.63) is 34.9 Å². The minimum atomic E-state index is 0.227. The molecular formula is C15H19ClN2O. The molecule has 19 heavy (non-hydrogen) atoms. The van der Waals surface area contributed by atoms with Crippen LogP contribution in [-0.4, -0.2) is 31.6 Å². The minimum Gasteiger partial charge on any atom is -0.478 e. The Morgan fingerprint density at radius 1 is 1.26 bits per heavy atom. The van der Waals surface area contributed by atoms with Gasteiger partial charge < -0.3 is 10.1 Å². The van der Waals surface area contributed by atoms with Gasteiger partial charge in [-0.2, -0.15) is 0 Å². The first-order valence-corrected chi connectivity index (χ1v) is 7.35. The molecule has 0 saturated carbocycles. The van der Waals surface area contributed by atoms with Gasteiger partial charge in [0, 0.05) is 10.9 Å². The Morgan fingerprint density at radius 2 is 2.05 bits per heavy atom. The summed E-state index contributed by atoms with van der Waals surface area (Å²) in [6.45, 7) is 2.84. The molecule has 2 aliphatic heterocycles. The summed E-state index contributed by atoms with van der Waals surface area (Å²) in [4.78, 5) is 4.76. The number of aliphatic imine (C=N–C) groups is 1. The van der Waals surface area contributed by atoms with E-state index < -0.39 is 0 Å². The quantitative estimate of drug-likeness (QED) is 0.922. The van der Waals surface area contributed by atoms with Gasteiger partial charge in [0.25, 0.3) is 0 Å². The maximum atomic E-state index is 6.19. The smallest absolute Gasteiger partial charge is 0.186 e. The number of nitrogens with one attached hydrogen (secondary N) is 1. The van der Waals surface area contributed by atoms with Gasteiger partial charge in [0.1, 0.15) is 6.61 Å². The lowest BCUT2D eigenvalue weighted by Crippen LogP contribution is -2.31. The molecule has 1 atom stereocenters. The van der Waals surface area contributed by atoms with Crippen LogP contribution < -0.4 is 5.32 Å². The molecule has 1 N–H and O–H groups in total. The first-order valence-electron chi connectivity index (χ1n) is 6.97. The Balaban J connectivity index is 1.64. The van der Waals surface area contributed by atoms with Gasteiger partial charge >= 0.3 is 0 Å². The van der Waals surface area contributed by atoms with Crippen molar-refractivity contribution in [2.75, 3.05) is 19.7 Å². The zero-order chi connectivity index (χ0) is 13.1. The van der Waals surface area contributed by atoms with E-state index in [1.165, 1.54) is 0 Å². The normalized spacial score (nSPS) is 24.1. The van der Waals surface area contributed by atoms with Gasteiger partial charge in [0.05, 0.1) is 6.04 Å². The van der Waals surface area contributed by atoms with Crippen LogP contribution in [0.5, 0.6) is 0 Å². The van der Waals surface area contributed by atoms with E-state index in [1.807, 2.05) is 18.2 Å². The van der Waals surface area contributed by atoms with Crippen LogP contribution in [0.25, 0.3) is 0 Å². The summed E-state index contributed by atoms with van der Waals surface area (Å²) in [6.07, 6.45) is 3.14. The zero-order valence-electron chi connectivity index (χ0n) is 10.9. The Morgan fingerprint density at radius 3 is 2.84 bits per heavy atom. The van der Waals surface area contributed by atoms with E-state index in [1.54, 1.807) is 0 Å². The third-order valence-electron chi connectivity index (χ3n) is 3.84. The number of hydrogen-bond acceptors (Lipinski definition) is 3. The summed E-state index contributed by atoms with van der Waals surface area (Å²) in [5.41, 5.74) is 1.16. The van der Waals surface area contributed by atoms with E-state index in [0.717, 1.165) is 48.8 Å². The molecule has 2 heterocycles. The lowest BCUT2D eigenvalue weighted by Gasteiger charge is -2.21. The predicted octanol–water partition coefficient (Wildman–Crippen LogP) is 2.68. The lowest BCUT2D eigenvalue weighted by molar-refractivity contribution is 0.284. The fraction of sp³-hybridized carbons (Fsp3) is 0.533. The standard InChI is InChI=1S/C15H19ClN2O/c16-14-4-2-1-3-12(14)9-13-10-19-15(18-13)11-5-7-17-8-6-11/h1-4,11,13,17H,5-10H2. The summed E-state index contributed by atoms with van der Waals surface area (Å²) in [5.74, 6) is 1.48. The van der Waals surface area contributed by atoms with Gasteiger partial charge in [-0.3, -0.25) is 0 Å². The number of ether oxygens (including phenoxy) is 1. The molecule has 3 rings (SSSR count). The van der Waals surface area contributed by atoms with Crippen molar-refractivity contribution in [3.8, 4) is 0 Å². The van der Waals surface area contributed by atoms with E-state index in [9.17, 15) is 0 Å². The molecule has 1 unspecified atom stereocenters. The molecule has 102 valence electrons. The highest BCUT2D eigenvalue weighted by molar-refractivity contribution is 6.31. The van der Waals surface area contributed by atoms with E-state index in [-0.39, 0.29) is 6.04 Å². The van der Waals surface area contributed by atoms with Crippen molar-refractivity contribution in [2.24, 2.45) is 10.9 Å². The van der Waals surface area contributed by atoms with Crippen LogP contribution in [0.4, 0.5) is 0 Å². The molecule has 0 spiro atoms. The highest BCUT2D eigenvalue weighted by Crippen LogP contribution is 2.23. The number of nitrogens with zero attached hydrogens (tertiary/aromatic N) is 1. The van der Waals surface area contributed by atoms with Crippen LogP contribution in [0, 0.1) is 5.92 Å². The molecule has 2 aliphatic rings. The fourth-order valence-corrected chi connectivity index (χ4v) is 2.96. The first kappa shape index (κ1) is 12.9. The average molecular weight is 279 g/mol. The number of hydrogen-bond donors (Lipinski definition) is 1. The summed E-state index contributed by atoms with van der Waals surface area (Å²) in [7, 11) is 0. The Kier molecular flexibility index (Phi) is 4.04. The molecule has 1 saturated heterocycles. The first-order chi connectivity index (χ1) is 9.33. The van der Waals surface area contributed by atoms with Crippen molar-refractivity contribution in [2.45, 2.75) is 25.3 Å². The van der Waals surface area contributed by atoms with Crippen LogP contribution >= 0.6 is 11.6 Å². The number of piperidine rings is 1. The molecule has 0 bridgehead atoms. The van der Waals surface area contributed by atoms with Gasteiger partial charge in [-0.1, -0.05) is 29.8 Å². The Labute approximate surface area is 119 Å². The van der Waals surface area contributed by atoms with Crippen molar-refractivity contribution in [1.82, 2.24) is 5.32 Å². The van der Waals surface area contributed by atoms with Crippen molar-refractivity contribution in [3.63, 3.8) is 0 Å². The average Bonchev–Trinajstić information content (AvgIpc) is 2.91. The largest absolute Gasteiger partial charge is 0.478 e. The van der Waals surface area contributed by atoms with Crippen LogP contribution in [0.15, 0.2) is 29.3 Å². The van der Waals surface area contributed by atoms with E-state index in [4.69, 9.17) is 21.3 Å². The monoisotopic (exact) mass is 278 g/mol. The summed E-state index contributed by atoms with van der Waals surface area (Å²) < 4.78 is 5.80. The van der Waals surface area contributed by atoms with Gasteiger partial charge in [0.2, 0.25) is 0 Å². The molecule has 1 aromatic rings. The predicted molar refractivity (Wildman–Crippen MR) is 77.9 cm³/mol. The van der Waals surface area contributed by atoms with E-state index in [0.29, 0.717) is 12.5 Å².